The lowest BCUT2D eigenvalue weighted by atomic mass is 10.1. The molecule has 30 heavy (non-hydrogen) atoms. The maximum Gasteiger partial charge on any atom is 0.266 e. The van der Waals surface area contributed by atoms with Crippen LogP contribution in [0.3, 0.4) is 0 Å². The number of methoxy groups -OCH3 is 1. The van der Waals surface area contributed by atoms with E-state index in [0.717, 1.165) is 0 Å². The molecule has 0 aromatic heterocycles. The molecule has 0 saturated heterocycles. The van der Waals surface area contributed by atoms with Crippen molar-refractivity contribution in [3.05, 3.63) is 52.0 Å². The zero-order valence-electron chi connectivity index (χ0n) is 16.2. The number of carboxylic acid groups (broad SMARTS) is 1. The number of nitrogens with zero attached hydrogens (tertiary/aromatic N) is 1. The summed E-state index contributed by atoms with van der Waals surface area (Å²) in [6, 6.07) is 11.7. The van der Waals surface area contributed by atoms with Crippen molar-refractivity contribution in [3.8, 4) is 23.3 Å². The van der Waals surface area contributed by atoms with Crippen LogP contribution >= 0.6 is 15.9 Å². The van der Waals surface area contributed by atoms with E-state index < -0.39 is 18.5 Å². The van der Waals surface area contributed by atoms with Crippen LogP contribution in [0.2, 0.25) is 0 Å². The molecule has 156 valence electrons. The number of carbonyl (C=O) groups excluding carboxylic acids is 2. The van der Waals surface area contributed by atoms with Gasteiger partial charge in [-0.1, -0.05) is 22.0 Å². The molecule has 2 rings (SSSR count). The van der Waals surface area contributed by atoms with Crippen LogP contribution in [0.1, 0.15) is 12.5 Å². The Morgan fingerprint density at radius 3 is 2.63 bits per heavy atom. The van der Waals surface area contributed by atoms with Crippen molar-refractivity contribution in [2.75, 3.05) is 25.6 Å². The van der Waals surface area contributed by atoms with E-state index in [0.29, 0.717) is 28.1 Å². The number of carboxylic acids is 1. The van der Waals surface area contributed by atoms with E-state index in [4.69, 9.17) is 14.2 Å². The molecule has 0 bridgehead atoms. The number of aliphatic carboxylic acids is 1. The van der Waals surface area contributed by atoms with Gasteiger partial charge in [0.2, 0.25) is 0 Å². The van der Waals surface area contributed by atoms with Crippen molar-refractivity contribution in [3.63, 3.8) is 0 Å². The predicted molar refractivity (Wildman–Crippen MR) is 111 cm³/mol. The molecular weight excluding hydrogens is 456 g/mol. The number of amides is 1. The average molecular weight is 474 g/mol. The number of carbonyl (C=O) groups is 2. The molecule has 0 aliphatic rings. The van der Waals surface area contributed by atoms with Crippen LogP contribution in [0, 0.1) is 11.3 Å². The summed E-state index contributed by atoms with van der Waals surface area (Å²) in [4.78, 5) is 23.1. The summed E-state index contributed by atoms with van der Waals surface area (Å²) in [6.07, 6.45) is 1.37. The number of hydrogen-bond acceptors (Lipinski definition) is 7. The average Bonchev–Trinajstić information content (AvgIpc) is 2.71. The number of anilines is 1. The van der Waals surface area contributed by atoms with Gasteiger partial charge in [0.05, 0.1) is 19.7 Å². The first-order valence-corrected chi connectivity index (χ1v) is 9.53. The quantitative estimate of drug-likeness (QED) is 0.438. The van der Waals surface area contributed by atoms with Gasteiger partial charge in [0.25, 0.3) is 5.91 Å². The van der Waals surface area contributed by atoms with Gasteiger partial charge in [-0.05, 0) is 42.8 Å². The number of rotatable bonds is 9. The van der Waals surface area contributed by atoms with Crippen molar-refractivity contribution in [2.24, 2.45) is 0 Å². The van der Waals surface area contributed by atoms with Crippen molar-refractivity contribution < 1.29 is 28.9 Å². The van der Waals surface area contributed by atoms with Gasteiger partial charge in [-0.15, -0.1) is 0 Å². The Balaban J connectivity index is 2.28. The highest BCUT2D eigenvalue weighted by molar-refractivity contribution is 9.10. The van der Waals surface area contributed by atoms with E-state index in [-0.39, 0.29) is 17.1 Å². The lowest BCUT2D eigenvalue weighted by Crippen LogP contribution is -2.29. The molecule has 0 saturated carbocycles. The summed E-state index contributed by atoms with van der Waals surface area (Å²) in [7, 11) is 1.38. The van der Waals surface area contributed by atoms with E-state index in [2.05, 4.69) is 21.2 Å². The fourth-order valence-corrected chi connectivity index (χ4v) is 2.84. The van der Waals surface area contributed by atoms with E-state index in [1.807, 2.05) is 13.0 Å². The maximum absolute atomic E-state index is 12.5. The van der Waals surface area contributed by atoms with Crippen molar-refractivity contribution in [1.29, 1.82) is 5.26 Å². The van der Waals surface area contributed by atoms with Gasteiger partial charge in [0.15, 0.2) is 11.5 Å². The number of ether oxygens (including phenoxy) is 3. The van der Waals surface area contributed by atoms with Gasteiger partial charge < -0.3 is 29.4 Å². The van der Waals surface area contributed by atoms with Gasteiger partial charge in [-0.2, -0.15) is 5.26 Å². The third-order valence-electron chi connectivity index (χ3n) is 3.70. The molecule has 1 amide bonds. The summed E-state index contributed by atoms with van der Waals surface area (Å²) in [5, 5.41) is 22.7. The normalized spacial score (nSPS) is 10.7. The molecule has 0 unspecified atom stereocenters. The van der Waals surface area contributed by atoms with E-state index in [1.54, 1.807) is 24.3 Å². The Kier molecular flexibility index (Phi) is 8.26. The molecule has 1 N–H and O–H groups in total. The van der Waals surface area contributed by atoms with Crippen LogP contribution in [0.15, 0.2) is 46.4 Å². The Morgan fingerprint density at radius 1 is 1.23 bits per heavy atom. The van der Waals surface area contributed by atoms with Gasteiger partial charge in [0.1, 0.15) is 24.0 Å². The number of benzene rings is 2. The summed E-state index contributed by atoms with van der Waals surface area (Å²) in [6.45, 7) is 1.69. The molecule has 0 spiro atoms. The van der Waals surface area contributed by atoms with Crippen molar-refractivity contribution in [1.82, 2.24) is 0 Å². The largest absolute Gasteiger partial charge is 0.546 e. The second kappa shape index (κ2) is 10.9. The highest BCUT2D eigenvalue weighted by Crippen LogP contribution is 2.34. The topological polar surface area (TPSA) is 121 Å². The molecule has 2 aromatic rings. The van der Waals surface area contributed by atoms with E-state index >= 15 is 0 Å². The fraction of sp³-hybridized carbons (Fsp3) is 0.190. The standard InChI is InChI=1S/C21H19BrN2O6/c1-3-29-16-6-4-5-15(9-16)24-21(27)14(11-23)7-13-8-18(28-2)19(10-17(13)22)30-12-20(25)26/h4-10H,3,12H2,1-2H3,(H,24,27)(H,25,26)/p-1/b14-7+. The molecule has 0 heterocycles. The Morgan fingerprint density at radius 2 is 2.00 bits per heavy atom. The van der Waals surface area contributed by atoms with Crippen LogP contribution in [-0.2, 0) is 9.59 Å². The predicted octanol–water partition coefficient (Wildman–Crippen LogP) is 2.53. The minimum Gasteiger partial charge on any atom is -0.546 e. The number of hydrogen-bond donors (Lipinski definition) is 1. The fourth-order valence-electron chi connectivity index (χ4n) is 2.40. The summed E-state index contributed by atoms with van der Waals surface area (Å²) >= 11 is 3.32. The second-order valence-electron chi connectivity index (χ2n) is 5.77. The second-order valence-corrected chi connectivity index (χ2v) is 6.62. The molecule has 0 aliphatic carbocycles. The van der Waals surface area contributed by atoms with Gasteiger partial charge >= 0.3 is 0 Å². The monoisotopic (exact) mass is 473 g/mol. The van der Waals surface area contributed by atoms with Crippen molar-refractivity contribution in [2.45, 2.75) is 6.92 Å². The van der Waals surface area contributed by atoms with E-state index in [9.17, 15) is 20.0 Å². The van der Waals surface area contributed by atoms with Gasteiger partial charge in [-0.3, -0.25) is 4.79 Å². The smallest absolute Gasteiger partial charge is 0.266 e. The minimum atomic E-state index is -1.38. The Labute approximate surface area is 181 Å². The molecule has 0 radical (unpaired) electrons. The van der Waals surface area contributed by atoms with Gasteiger partial charge in [-0.25, -0.2) is 0 Å². The summed E-state index contributed by atoms with van der Waals surface area (Å²) in [5.74, 6) is -0.991. The Hall–Kier alpha value is -3.51. The van der Waals surface area contributed by atoms with Crippen LogP contribution < -0.4 is 24.6 Å². The maximum atomic E-state index is 12.5. The third-order valence-corrected chi connectivity index (χ3v) is 4.38. The molecule has 0 atom stereocenters. The van der Waals surface area contributed by atoms with Crippen LogP contribution in [0.5, 0.6) is 17.2 Å². The third kappa shape index (κ3) is 6.25. The first-order valence-electron chi connectivity index (χ1n) is 8.74. The minimum absolute atomic E-state index is 0.150. The molecule has 2 aromatic carbocycles. The Bertz CT molecular complexity index is 1010. The number of nitrogens with one attached hydrogen (secondary N) is 1. The molecule has 0 aliphatic heterocycles. The number of nitriles is 1. The molecule has 8 nitrogen and oxygen atoms in total. The number of halogens is 1. The lowest BCUT2D eigenvalue weighted by Gasteiger charge is -2.13. The van der Waals surface area contributed by atoms with Crippen molar-refractivity contribution >= 4 is 39.6 Å². The first-order chi connectivity index (χ1) is 14.4. The van der Waals surface area contributed by atoms with E-state index in [1.165, 1.54) is 25.3 Å². The zero-order chi connectivity index (χ0) is 22.1. The highest BCUT2D eigenvalue weighted by atomic mass is 79.9. The lowest BCUT2D eigenvalue weighted by molar-refractivity contribution is -0.307. The summed E-state index contributed by atoms with van der Waals surface area (Å²) in [5.41, 5.74) is 0.792. The highest BCUT2D eigenvalue weighted by Gasteiger charge is 2.14. The molecule has 0 fully saturated rings. The van der Waals surface area contributed by atoms with Crippen LogP contribution in [0.25, 0.3) is 6.08 Å². The molecular formula is C21H18BrN2O6-. The molecule has 9 heteroatoms. The summed E-state index contributed by atoms with van der Waals surface area (Å²) < 4.78 is 16.2. The van der Waals surface area contributed by atoms with Crippen LogP contribution in [-0.4, -0.2) is 32.2 Å². The zero-order valence-corrected chi connectivity index (χ0v) is 17.8. The van der Waals surface area contributed by atoms with Gasteiger partial charge in [0, 0.05) is 16.2 Å². The first kappa shape index (κ1) is 22.8. The van der Waals surface area contributed by atoms with Crippen LogP contribution in [0.4, 0.5) is 5.69 Å². The SMILES string of the molecule is CCOc1cccc(NC(=O)/C(C#N)=C/c2cc(OC)c(OCC(=O)[O-])cc2Br)c1.